The van der Waals surface area contributed by atoms with Crippen LogP contribution in [-0.2, 0) is 28.5 Å². The minimum Gasteiger partial charge on any atom is -0.469 e. The molecule has 0 aromatic rings. The molecule has 4 atom stereocenters. The van der Waals surface area contributed by atoms with Crippen molar-refractivity contribution in [2.45, 2.75) is 50.0 Å². The third kappa shape index (κ3) is 3.33. The zero-order chi connectivity index (χ0) is 17.0. The molecule has 0 aliphatic carbocycles. The van der Waals surface area contributed by atoms with Crippen molar-refractivity contribution in [3.8, 4) is 0 Å². The van der Waals surface area contributed by atoms with Gasteiger partial charge in [-0.25, -0.2) is 0 Å². The average molecular weight is 318 g/mol. The van der Waals surface area contributed by atoms with Gasteiger partial charge in [0.2, 0.25) is 11.6 Å². The molecule has 1 N–H and O–H groups in total. The van der Waals surface area contributed by atoms with Crippen molar-refractivity contribution in [2.75, 3.05) is 27.9 Å². The Kier molecular flexibility index (Phi) is 6.11. The first-order valence-electron chi connectivity index (χ1n) is 7.02. The molecular weight excluding hydrogens is 292 g/mol. The minimum absolute atomic E-state index is 0.0144. The second-order valence-electron chi connectivity index (χ2n) is 5.54. The molecule has 0 bridgehead atoms. The van der Waals surface area contributed by atoms with E-state index in [2.05, 4.69) is 11.3 Å². The van der Waals surface area contributed by atoms with Crippen molar-refractivity contribution in [3.63, 3.8) is 0 Å². The van der Waals surface area contributed by atoms with Crippen LogP contribution in [0.1, 0.15) is 26.7 Å². The van der Waals surface area contributed by atoms with Crippen molar-refractivity contribution in [2.24, 2.45) is 0 Å². The Balaban J connectivity index is 3.11. The molecule has 1 heterocycles. The lowest BCUT2D eigenvalue weighted by Crippen LogP contribution is -2.69. The van der Waals surface area contributed by atoms with Crippen LogP contribution in [0.3, 0.4) is 0 Å². The fourth-order valence-corrected chi connectivity index (χ4v) is 2.44. The van der Waals surface area contributed by atoms with Crippen LogP contribution in [0.5, 0.6) is 0 Å². The van der Waals surface area contributed by atoms with E-state index in [-0.39, 0.29) is 19.4 Å². The zero-order valence-electron chi connectivity index (χ0n) is 13.9. The number of hydrogen-bond acceptors (Lipinski definition) is 7. The smallest absolute Gasteiger partial charge is 0.308 e. The van der Waals surface area contributed by atoms with Gasteiger partial charge in [-0.3, -0.25) is 4.79 Å². The third-order valence-electron chi connectivity index (χ3n) is 4.28. The van der Waals surface area contributed by atoms with E-state index < -0.39 is 29.2 Å². The number of methoxy groups -OCH3 is 3. The topological polar surface area (TPSA) is 83.5 Å². The van der Waals surface area contributed by atoms with Crippen LogP contribution in [0.4, 0.5) is 0 Å². The first-order valence-corrected chi connectivity index (χ1v) is 7.02. The highest BCUT2D eigenvalue weighted by molar-refractivity contribution is 5.70. The Hall–Kier alpha value is -0.990. The van der Waals surface area contributed by atoms with Crippen molar-refractivity contribution < 1.29 is 33.6 Å². The summed E-state index contributed by atoms with van der Waals surface area (Å²) < 4.78 is 27.3. The molecule has 0 saturated carbocycles. The fraction of sp³-hybridized carbons (Fsp3) is 0.800. The van der Waals surface area contributed by atoms with Crippen molar-refractivity contribution in [1.29, 1.82) is 0 Å². The van der Waals surface area contributed by atoms with Gasteiger partial charge < -0.3 is 28.8 Å². The van der Waals surface area contributed by atoms with E-state index in [1.165, 1.54) is 21.3 Å². The number of carbonyl (C=O) groups excluding carboxylic acids is 1. The summed E-state index contributed by atoms with van der Waals surface area (Å²) in [7, 11) is 4.19. The van der Waals surface area contributed by atoms with Gasteiger partial charge in [0.15, 0.2) is 0 Å². The van der Waals surface area contributed by atoms with Gasteiger partial charge >= 0.3 is 5.97 Å². The van der Waals surface area contributed by atoms with E-state index in [1.54, 1.807) is 19.9 Å². The monoisotopic (exact) mass is 318 g/mol. The fourth-order valence-electron chi connectivity index (χ4n) is 2.44. The largest absolute Gasteiger partial charge is 0.469 e. The molecule has 1 fully saturated rings. The van der Waals surface area contributed by atoms with E-state index in [1.807, 2.05) is 0 Å². The first-order chi connectivity index (χ1) is 10.2. The highest BCUT2D eigenvalue weighted by atomic mass is 16.8. The number of rotatable bonds is 7. The zero-order valence-corrected chi connectivity index (χ0v) is 13.9. The van der Waals surface area contributed by atoms with Crippen molar-refractivity contribution in [1.82, 2.24) is 0 Å². The molecule has 7 nitrogen and oxygen atoms in total. The van der Waals surface area contributed by atoms with Crippen LogP contribution in [0.2, 0.25) is 0 Å². The van der Waals surface area contributed by atoms with Crippen molar-refractivity contribution in [3.05, 3.63) is 12.7 Å². The summed E-state index contributed by atoms with van der Waals surface area (Å²) in [6, 6.07) is 0. The SMILES string of the molecule is C=CC[C@@]1([C@@H](O)CC(=O)OC)CO[C@@](C)(OC)[C@](C)(OC)O1. The lowest BCUT2D eigenvalue weighted by molar-refractivity contribution is -0.459. The van der Waals surface area contributed by atoms with Gasteiger partial charge in [-0.1, -0.05) is 6.08 Å². The van der Waals surface area contributed by atoms with E-state index in [9.17, 15) is 9.90 Å². The summed E-state index contributed by atoms with van der Waals surface area (Å²) in [6.45, 7) is 7.02. The Morgan fingerprint density at radius 1 is 1.32 bits per heavy atom. The highest BCUT2D eigenvalue weighted by Crippen LogP contribution is 2.43. The summed E-state index contributed by atoms with van der Waals surface area (Å²) in [5.74, 6) is -2.98. The molecule has 0 spiro atoms. The third-order valence-corrected chi connectivity index (χ3v) is 4.28. The summed E-state index contributed by atoms with van der Waals surface area (Å²) in [5, 5.41) is 10.5. The molecule has 0 aromatic heterocycles. The van der Waals surface area contributed by atoms with Gasteiger partial charge in [0.25, 0.3) is 0 Å². The van der Waals surface area contributed by atoms with Gasteiger partial charge in [-0.2, -0.15) is 0 Å². The summed E-state index contributed by atoms with van der Waals surface area (Å²) in [4.78, 5) is 11.5. The standard InChI is InChI=1S/C15H26O7/c1-7-8-15(11(16)9-12(17)18-4)10-21-13(2,19-5)14(3,20-6)22-15/h7,11,16H,1,8-10H2,2-6H3/t11-,13+,14+,15-/m0/s1. The number of ether oxygens (including phenoxy) is 5. The number of esters is 1. The van der Waals surface area contributed by atoms with Crippen LogP contribution in [0.15, 0.2) is 12.7 Å². The Labute approximate surface area is 131 Å². The number of aliphatic hydroxyl groups excluding tert-OH is 1. The number of hydrogen-bond donors (Lipinski definition) is 1. The Morgan fingerprint density at radius 3 is 2.36 bits per heavy atom. The van der Waals surface area contributed by atoms with E-state index in [0.29, 0.717) is 0 Å². The average Bonchev–Trinajstić information content (AvgIpc) is 2.51. The van der Waals surface area contributed by atoms with Crippen LogP contribution in [0.25, 0.3) is 0 Å². The predicted octanol–water partition coefficient (Wildman–Crippen LogP) is 0.997. The lowest BCUT2D eigenvalue weighted by atomic mass is 9.88. The maximum atomic E-state index is 11.5. The summed E-state index contributed by atoms with van der Waals surface area (Å²) in [5.41, 5.74) is -1.18. The molecular formula is C15H26O7. The summed E-state index contributed by atoms with van der Waals surface area (Å²) >= 11 is 0. The van der Waals surface area contributed by atoms with E-state index in [0.717, 1.165) is 0 Å². The van der Waals surface area contributed by atoms with Gasteiger partial charge in [0, 0.05) is 14.2 Å². The van der Waals surface area contributed by atoms with Gasteiger partial charge in [0.05, 0.1) is 26.2 Å². The first kappa shape index (κ1) is 19.1. The van der Waals surface area contributed by atoms with Crippen molar-refractivity contribution >= 4 is 5.97 Å². The maximum absolute atomic E-state index is 11.5. The molecule has 0 unspecified atom stereocenters. The second kappa shape index (κ2) is 7.06. The van der Waals surface area contributed by atoms with Crippen LogP contribution < -0.4 is 0 Å². The minimum atomic E-state index is -1.28. The Morgan fingerprint density at radius 2 is 1.91 bits per heavy atom. The molecule has 0 radical (unpaired) electrons. The lowest BCUT2D eigenvalue weighted by Gasteiger charge is -2.54. The molecule has 1 aliphatic heterocycles. The molecule has 128 valence electrons. The van der Waals surface area contributed by atoms with Gasteiger partial charge in [-0.15, -0.1) is 6.58 Å². The normalized spacial score (nSPS) is 36.6. The molecule has 1 aliphatic rings. The molecule has 0 amide bonds. The van der Waals surface area contributed by atoms with Crippen LogP contribution >= 0.6 is 0 Å². The molecule has 1 saturated heterocycles. The van der Waals surface area contributed by atoms with Crippen LogP contribution in [-0.4, -0.2) is 62.3 Å². The van der Waals surface area contributed by atoms with E-state index >= 15 is 0 Å². The van der Waals surface area contributed by atoms with E-state index in [4.69, 9.17) is 18.9 Å². The summed E-state index contributed by atoms with van der Waals surface area (Å²) in [6.07, 6.45) is 0.491. The quantitative estimate of drug-likeness (QED) is 0.554. The van der Waals surface area contributed by atoms with Crippen LogP contribution in [0, 0.1) is 0 Å². The predicted molar refractivity (Wildman–Crippen MR) is 78.0 cm³/mol. The highest BCUT2D eigenvalue weighted by Gasteiger charge is 2.60. The Bertz CT molecular complexity index is 413. The molecule has 22 heavy (non-hydrogen) atoms. The van der Waals surface area contributed by atoms with Gasteiger partial charge in [-0.05, 0) is 20.3 Å². The molecule has 0 aromatic carbocycles. The second-order valence-corrected chi connectivity index (χ2v) is 5.54. The number of aliphatic hydroxyl groups is 1. The molecule has 7 heteroatoms. The van der Waals surface area contributed by atoms with Gasteiger partial charge in [0.1, 0.15) is 5.60 Å². The maximum Gasteiger partial charge on any atom is 0.308 e. The number of carbonyl (C=O) groups is 1. The molecule has 1 rings (SSSR count).